The molecule has 0 radical (unpaired) electrons. The van der Waals surface area contributed by atoms with Gasteiger partial charge in [0, 0.05) is 32.7 Å². The summed E-state index contributed by atoms with van der Waals surface area (Å²) >= 11 is 1.64. The van der Waals surface area contributed by atoms with Gasteiger partial charge in [0.25, 0.3) is 5.56 Å². The van der Waals surface area contributed by atoms with Gasteiger partial charge >= 0.3 is 0 Å². The summed E-state index contributed by atoms with van der Waals surface area (Å²) in [6.45, 7) is 11.5. The third kappa shape index (κ3) is 7.29. The highest BCUT2D eigenvalue weighted by atomic mass is 32.2. The van der Waals surface area contributed by atoms with Crippen LogP contribution in [-0.4, -0.2) is 47.7 Å². The second-order valence-corrected chi connectivity index (χ2v) is 9.79. The summed E-state index contributed by atoms with van der Waals surface area (Å²) in [4.78, 5) is 20.2. The van der Waals surface area contributed by atoms with Crippen molar-refractivity contribution in [3.05, 3.63) is 82.2 Å². The molecule has 2 heterocycles. The molecule has 1 saturated heterocycles. The first-order valence-electron chi connectivity index (χ1n) is 12.3. The van der Waals surface area contributed by atoms with E-state index in [1.807, 2.05) is 38.1 Å². The molecule has 3 aromatic rings. The van der Waals surface area contributed by atoms with Crippen molar-refractivity contribution < 1.29 is 0 Å². The van der Waals surface area contributed by atoms with E-state index in [1.54, 1.807) is 16.3 Å². The number of piperazine rings is 1. The standard InChI is InChI=1S/C23H26N2OS.C5H12N2/c1-4-6-8-13-21(18-11-9-7-10-12-18)27-23-24-20-15-14-17(3)16-19(20)22(26)25(23)5-2;1-7-4-2-6-3-5-7/h7-16,21H,4-6H2,1-3H3;6H,2-5H2,1H3/b13-8-;. The van der Waals surface area contributed by atoms with Gasteiger partial charge in [-0.05, 0) is 45.0 Å². The zero-order chi connectivity index (χ0) is 24.3. The number of unbranched alkanes of at least 4 members (excludes halogenated alkanes) is 1. The second-order valence-electron chi connectivity index (χ2n) is 8.68. The molecule has 0 amide bonds. The number of hydrogen-bond donors (Lipinski definition) is 1. The molecule has 1 atom stereocenters. The summed E-state index contributed by atoms with van der Waals surface area (Å²) in [6, 6.07) is 16.3. The Balaban J connectivity index is 0.000000396. The molecule has 1 aromatic heterocycles. The number of rotatable bonds is 7. The van der Waals surface area contributed by atoms with Crippen LogP contribution in [0.2, 0.25) is 0 Å². The highest BCUT2D eigenvalue weighted by Crippen LogP contribution is 2.35. The Labute approximate surface area is 208 Å². The number of aromatic nitrogens is 2. The number of thioether (sulfide) groups is 1. The number of allylic oxidation sites excluding steroid dienone is 1. The van der Waals surface area contributed by atoms with E-state index in [-0.39, 0.29) is 10.8 Å². The molecular weight excluding hydrogens is 440 g/mol. The molecule has 182 valence electrons. The number of benzene rings is 2. The molecule has 2 aromatic carbocycles. The third-order valence-corrected chi connectivity index (χ3v) is 7.06. The van der Waals surface area contributed by atoms with Gasteiger partial charge in [0.1, 0.15) is 0 Å². The number of hydrogen-bond acceptors (Lipinski definition) is 5. The van der Waals surface area contributed by atoms with Crippen LogP contribution in [0.25, 0.3) is 10.9 Å². The predicted octanol–water partition coefficient (Wildman–Crippen LogP) is 5.44. The summed E-state index contributed by atoms with van der Waals surface area (Å²) in [5.74, 6) is 0. The van der Waals surface area contributed by atoms with Crippen LogP contribution in [0.4, 0.5) is 0 Å². The van der Waals surface area contributed by atoms with Crippen LogP contribution in [0.5, 0.6) is 0 Å². The van der Waals surface area contributed by atoms with Gasteiger partial charge in [0.05, 0.1) is 16.2 Å². The van der Waals surface area contributed by atoms with Crippen molar-refractivity contribution in [1.29, 1.82) is 0 Å². The number of fused-ring (bicyclic) bond motifs is 1. The SMILES string of the molecule is CCC/C=C\C(Sc1nc2ccc(C)cc2c(=O)n1CC)c1ccccc1.CN1CCNCC1. The molecular formula is C28H38N4OS. The van der Waals surface area contributed by atoms with Crippen LogP contribution in [0.15, 0.2) is 70.6 Å². The Morgan fingerprint density at radius 1 is 1.12 bits per heavy atom. The summed E-state index contributed by atoms with van der Waals surface area (Å²) < 4.78 is 1.79. The molecule has 0 saturated carbocycles. The van der Waals surface area contributed by atoms with Gasteiger partial charge in [-0.1, -0.05) is 79.2 Å². The van der Waals surface area contributed by atoms with Crippen molar-refractivity contribution >= 4 is 22.7 Å². The van der Waals surface area contributed by atoms with Crippen molar-refractivity contribution in [2.75, 3.05) is 33.2 Å². The van der Waals surface area contributed by atoms with Crippen LogP contribution >= 0.6 is 11.8 Å². The number of likely N-dealkylation sites (N-methyl/N-ethyl adjacent to an activating group) is 1. The van der Waals surface area contributed by atoms with Crippen molar-refractivity contribution in [1.82, 2.24) is 19.8 Å². The lowest BCUT2D eigenvalue weighted by atomic mass is 10.1. The third-order valence-electron chi connectivity index (χ3n) is 5.86. The van der Waals surface area contributed by atoms with E-state index in [0.29, 0.717) is 11.9 Å². The fourth-order valence-electron chi connectivity index (χ4n) is 3.82. The minimum Gasteiger partial charge on any atom is -0.314 e. The Hall–Kier alpha value is -2.41. The van der Waals surface area contributed by atoms with Crippen molar-refractivity contribution in [3.8, 4) is 0 Å². The van der Waals surface area contributed by atoms with Crippen LogP contribution in [0.1, 0.15) is 43.1 Å². The number of nitrogens with one attached hydrogen (secondary N) is 1. The molecule has 0 bridgehead atoms. The summed E-state index contributed by atoms with van der Waals surface area (Å²) in [6.07, 6.45) is 6.63. The zero-order valence-corrected chi connectivity index (χ0v) is 21.8. The first kappa shape index (κ1) is 26.2. The number of nitrogens with zero attached hydrogens (tertiary/aromatic N) is 3. The van der Waals surface area contributed by atoms with E-state index in [9.17, 15) is 4.79 Å². The van der Waals surface area contributed by atoms with Crippen molar-refractivity contribution in [2.24, 2.45) is 0 Å². The highest BCUT2D eigenvalue weighted by Gasteiger charge is 2.16. The molecule has 5 nitrogen and oxygen atoms in total. The molecule has 1 N–H and O–H groups in total. The zero-order valence-electron chi connectivity index (χ0n) is 21.0. The van der Waals surface area contributed by atoms with Crippen LogP contribution in [-0.2, 0) is 6.54 Å². The van der Waals surface area contributed by atoms with E-state index in [4.69, 9.17) is 4.98 Å². The fourth-order valence-corrected chi connectivity index (χ4v) is 5.02. The van der Waals surface area contributed by atoms with Crippen LogP contribution in [0.3, 0.4) is 0 Å². The second kappa shape index (κ2) is 13.5. The lowest BCUT2D eigenvalue weighted by Crippen LogP contribution is -2.40. The first-order valence-corrected chi connectivity index (χ1v) is 13.2. The molecule has 1 aliphatic rings. The van der Waals surface area contributed by atoms with Gasteiger partial charge in [-0.2, -0.15) is 0 Å². The van der Waals surface area contributed by atoms with Gasteiger partial charge in [-0.15, -0.1) is 0 Å². The Bertz CT molecular complexity index is 1120. The predicted molar refractivity (Wildman–Crippen MR) is 146 cm³/mol. The van der Waals surface area contributed by atoms with Gasteiger partial charge in [0.2, 0.25) is 0 Å². The van der Waals surface area contributed by atoms with E-state index in [0.717, 1.165) is 42.2 Å². The molecule has 4 rings (SSSR count). The maximum absolute atomic E-state index is 13.0. The largest absolute Gasteiger partial charge is 0.314 e. The van der Waals surface area contributed by atoms with Gasteiger partial charge in [-0.25, -0.2) is 4.98 Å². The highest BCUT2D eigenvalue weighted by molar-refractivity contribution is 7.99. The molecule has 0 aliphatic carbocycles. The Kier molecular flexibility index (Phi) is 10.4. The van der Waals surface area contributed by atoms with E-state index in [1.165, 1.54) is 18.7 Å². The molecule has 34 heavy (non-hydrogen) atoms. The molecule has 1 unspecified atom stereocenters. The lowest BCUT2D eigenvalue weighted by Gasteiger charge is -2.21. The first-order chi connectivity index (χ1) is 16.5. The smallest absolute Gasteiger partial charge is 0.262 e. The van der Waals surface area contributed by atoms with E-state index < -0.39 is 0 Å². The minimum atomic E-state index is 0.0399. The fraction of sp³-hybridized carbons (Fsp3) is 0.429. The van der Waals surface area contributed by atoms with E-state index >= 15 is 0 Å². The molecule has 0 spiro atoms. The molecule has 6 heteroatoms. The van der Waals surface area contributed by atoms with Crippen molar-refractivity contribution in [3.63, 3.8) is 0 Å². The van der Waals surface area contributed by atoms with Gasteiger partial charge in [0.15, 0.2) is 5.16 Å². The van der Waals surface area contributed by atoms with Gasteiger partial charge < -0.3 is 10.2 Å². The summed E-state index contributed by atoms with van der Waals surface area (Å²) in [5.41, 5.74) is 3.10. The van der Waals surface area contributed by atoms with Crippen LogP contribution in [0, 0.1) is 6.92 Å². The molecule has 1 fully saturated rings. The summed E-state index contributed by atoms with van der Waals surface area (Å²) in [5, 5.41) is 4.87. The maximum atomic E-state index is 13.0. The monoisotopic (exact) mass is 478 g/mol. The quantitative estimate of drug-likeness (QED) is 0.279. The molecule has 1 aliphatic heterocycles. The van der Waals surface area contributed by atoms with E-state index in [2.05, 4.69) is 60.6 Å². The lowest BCUT2D eigenvalue weighted by molar-refractivity contribution is 0.291. The average molecular weight is 479 g/mol. The number of aryl methyl sites for hydroxylation is 1. The topological polar surface area (TPSA) is 50.2 Å². The summed E-state index contributed by atoms with van der Waals surface area (Å²) in [7, 11) is 2.15. The normalized spacial score (nSPS) is 15.3. The Morgan fingerprint density at radius 3 is 2.47 bits per heavy atom. The average Bonchev–Trinajstić information content (AvgIpc) is 2.86. The van der Waals surface area contributed by atoms with Gasteiger partial charge in [-0.3, -0.25) is 9.36 Å². The Morgan fingerprint density at radius 2 is 1.85 bits per heavy atom. The van der Waals surface area contributed by atoms with Crippen LogP contribution < -0.4 is 10.9 Å². The van der Waals surface area contributed by atoms with Crippen molar-refractivity contribution in [2.45, 2.75) is 50.6 Å². The maximum Gasteiger partial charge on any atom is 0.262 e. The minimum absolute atomic E-state index is 0.0399.